The van der Waals surface area contributed by atoms with Gasteiger partial charge in [-0.3, -0.25) is 25.3 Å². The van der Waals surface area contributed by atoms with Gasteiger partial charge in [-0.2, -0.15) is 33.2 Å². The van der Waals surface area contributed by atoms with Crippen LogP contribution in [0.15, 0.2) is 73.4 Å². The Bertz CT molecular complexity index is 1300. The van der Waals surface area contributed by atoms with Crippen molar-refractivity contribution in [3.05, 3.63) is 126 Å². The van der Waals surface area contributed by atoms with Gasteiger partial charge in [-0.1, -0.05) is 0 Å². The van der Waals surface area contributed by atoms with Crippen LogP contribution in [0.25, 0.3) is 0 Å². The summed E-state index contributed by atoms with van der Waals surface area (Å²) in [6.07, 6.45) is 17.5. The van der Waals surface area contributed by atoms with Gasteiger partial charge in [-0.25, -0.2) is 0 Å². The first-order valence-corrected chi connectivity index (χ1v) is 12.0. The predicted octanol–water partition coefficient (Wildman–Crippen LogP) is 2.55. The molecule has 0 aliphatic heterocycles. The fraction of sp³-hybridized carbons (Fsp3) is 0.222. The van der Waals surface area contributed by atoms with Crippen molar-refractivity contribution in [2.75, 3.05) is 0 Å². The van der Waals surface area contributed by atoms with E-state index in [0.29, 0.717) is 26.2 Å². The molecule has 6 aromatic heterocycles. The van der Waals surface area contributed by atoms with Gasteiger partial charge in [-0.15, -0.1) is 37.2 Å². The molecule has 6 aromatic rings. The maximum Gasteiger partial charge on any atom is 3.00 e. The molecule has 0 aliphatic rings. The first kappa shape index (κ1) is 27.7. The summed E-state index contributed by atoms with van der Waals surface area (Å²) in [6.45, 7) is 6.57. The SMILES string of the molecule is Cc1cc(Cn2[c-]ccn2)nc(Cn2[c-]ccn2)c1.Cc1cc(Cn2[c-]ccn2)nc(Cn2nccn2)c1.[Ir+3]. The molecule has 6 heterocycles. The van der Waals surface area contributed by atoms with Crippen LogP contribution in [-0.4, -0.2) is 54.3 Å². The third-order valence-corrected chi connectivity index (χ3v) is 5.37. The quantitative estimate of drug-likeness (QED) is 0.225. The summed E-state index contributed by atoms with van der Waals surface area (Å²) >= 11 is 0. The minimum atomic E-state index is 0. The van der Waals surface area contributed by atoms with E-state index in [2.05, 4.69) is 86.1 Å². The number of hydrogen-bond acceptors (Lipinski definition) is 7. The van der Waals surface area contributed by atoms with Crippen LogP contribution in [0.2, 0.25) is 0 Å². The van der Waals surface area contributed by atoms with E-state index in [-0.39, 0.29) is 20.1 Å². The first-order chi connectivity index (χ1) is 18.6. The monoisotopic (exact) mass is 697 g/mol. The fourth-order valence-corrected chi connectivity index (χ4v) is 3.95. The van der Waals surface area contributed by atoms with E-state index in [1.165, 1.54) is 11.1 Å². The van der Waals surface area contributed by atoms with Gasteiger partial charge < -0.3 is 14.0 Å². The maximum atomic E-state index is 4.62. The molecule has 11 nitrogen and oxygen atoms in total. The van der Waals surface area contributed by atoms with Crippen molar-refractivity contribution in [2.45, 2.75) is 40.0 Å². The number of aryl methyl sites for hydroxylation is 2. The molecule has 0 amide bonds. The molecular weight excluding hydrogens is 671 g/mol. The Balaban J connectivity index is 0.000000176. The third-order valence-electron chi connectivity index (χ3n) is 5.37. The Hall–Kier alpha value is -4.28. The molecule has 198 valence electrons. The molecule has 0 radical (unpaired) electrons. The molecule has 0 atom stereocenters. The molecule has 0 aliphatic carbocycles. The minimum absolute atomic E-state index is 0. The van der Waals surface area contributed by atoms with Crippen molar-refractivity contribution in [2.24, 2.45) is 0 Å². The zero-order valence-electron chi connectivity index (χ0n) is 21.5. The normalized spacial score (nSPS) is 10.5. The number of aromatic nitrogens is 11. The van der Waals surface area contributed by atoms with Crippen molar-refractivity contribution in [3.63, 3.8) is 0 Å². The van der Waals surface area contributed by atoms with Gasteiger partial charge >= 0.3 is 20.1 Å². The largest absolute Gasteiger partial charge is 3.00 e. The van der Waals surface area contributed by atoms with Crippen molar-refractivity contribution in [1.82, 2.24) is 54.3 Å². The topological polar surface area (TPSA) is 110 Å². The molecule has 0 bridgehead atoms. The van der Waals surface area contributed by atoms with Gasteiger partial charge in [0.25, 0.3) is 0 Å². The molecule has 0 saturated carbocycles. The molecule has 0 saturated heterocycles. The standard InChI is InChI=1S/C14H13N5.C13H13N6.Ir/c1-12-8-13(10-18-6-2-4-15-18)17-14(9-12)11-19-7-3-5-16-19;1-11-7-12(9-18-6-2-3-14-18)17-13(8-11)10-19-15-4-5-16-19;/h2-5,8-9H,10-11H2,1H3;2-5,7-8H,9-10H2,1H3;/q-2;-1;+3. The zero-order chi connectivity index (χ0) is 26.2. The summed E-state index contributed by atoms with van der Waals surface area (Å²) in [5, 5.41) is 20.6. The van der Waals surface area contributed by atoms with Gasteiger partial charge in [0.05, 0.1) is 54.8 Å². The Morgan fingerprint density at radius 3 is 1.21 bits per heavy atom. The van der Waals surface area contributed by atoms with Crippen LogP contribution in [-0.2, 0) is 46.3 Å². The Labute approximate surface area is 239 Å². The van der Waals surface area contributed by atoms with E-state index < -0.39 is 0 Å². The molecule has 12 heteroatoms. The first-order valence-electron chi connectivity index (χ1n) is 12.0. The van der Waals surface area contributed by atoms with Crippen molar-refractivity contribution in [1.29, 1.82) is 0 Å². The summed E-state index contributed by atoms with van der Waals surface area (Å²) in [5.74, 6) is 0. The van der Waals surface area contributed by atoms with Crippen LogP contribution in [0.4, 0.5) is 0 Å². The van der Waals surface area contributed by atoms with Crippen molar-refractivity contribution < 1.29 is 20.1 Å². The van der Waals surface area contributed by atoms with Crippen LogP contribution in [0.1, 0.15) is 33.9 Å². The molecule has 0 N–H and O–H groups in total. The third kappa shape index (κ3) is 8.36. The smallest absolute Gasteiger partial charge is 0.370 e. The Kier molecular flexibility index (Phi) is 9.60. The van der Waals surface area contributed by atoms with Gasteiger partial charge in [-0.05, 0) is 49.2 Å². The summed E-state index contributed by atoms with van der Waals surface area (Å²) in [6, 6.07) is 13.6. The van der Waals surface area contributed by atoms with Gasteiger partial charge in [0.2, 0.25) is 0 Å². The summed E-state index contributed by atoms with van der Waals surface area (Å²) in [7, 11) is 0. The number of nitrogens with zero attached hydrogens (tertiary/aromatic N) is 11. The summed E-state index contributed by atoms with van der Waals surface area (Å²) in [5.41, 5.74) is 6.20. The fourth-order valence-electron chi connectivity index (χ4n) is 3.95. The van der Waals surface area contributed by atoms with Crippen LogP contribution in [0, 0.1) is 32.4 Å². The predicted molar refractivity (Wildman–Crippen MR) is 138 cm³/mol. The summed E-state index contributed by atoms with van der Waals surface area (Å²) < 4.78 is 5.22. The van der Waals surface area contributed by atoms with E-state index in [1.54, 1.807) is 68.0 Å². The van der Waals surface area contributed by atoms with E-state index in [1.807, 2.05) is 6.07 Å². The van der Waals surface area contributed by atoms with E-state index in [4.69, 9.17) is 0 Å². The number of hydrogen-bond donors (Lipinski definition) is 0. The van der Waals surface area contributed by atoms with Crippen LogP contribution < -0.4 is 0 Å². The molecular formula is C27H26IrN11. The van der Waals surface area contributed by atoms with Crippen molar-refractivity contribution >= 4 is 0 Å². The second kappa shape index (κ2) is 13.5. The average Bonchev–Trinajstić information content (AvgIpc) is 3.69. The van der Waals surface area contributed by atoms with E-state index in [9.17, 15) is 0 Å². The van der Waals surface area contributed by atoms with Crippen LogP contribution in [0.5, 0.6) is 0 Å². The average molecular weight is 697 g/mol. The molecule has 0 spiro atoms. The van der Waals surface area contributed by atoms with Gasteiger partial charge in [0.1, 0.15) is 6.54 Å². The van der Waals surface area contributed by atoms with Crippen LogP contribution >= 0.6 is 0 Å². The zero-order valence-corrected chi connectivity index (χ0v) is 23.9. The Morgan fingerprint density at radius 2 is 0.872 bits per heavy atom. The van der Waals surface area contributed by atoms with E-state index >= 15 is 0 Å². The maximum absolute atomic E-state index is 4.62. The molecule has 6 rings (SSSR count). The number of pyridine rings is 2. The number of rotatable bonds is 8. The second-order valence-electron chi connectivity index (χ2n) is 8.67. The molecule has 0 unspecified atom stereocenters. The Morgan fingerprint density at radius 1 is 0.513 bits per heavy atom. The summed E-state index contributed by atoms with van der Waals surface area (Å²) in [4.78, 5) is 10.8. The van der Waals surface area contributed by atoms with Gasteiger partial charge in [0.15, 0.2) is 0 Å². The molecule has 39 heavy (non-hydrogen) atoms. The molecule has 0 aromatic carbocycles. The molecule has 0 fully saturated rings. The second-order valence-corrected chi connectivity index (χ2v) is 8.67. The van der Waals surface area contributed by atoms with Crippen molar-refractivity contribution in [3.8, 4) is 0 Å². The van der Waals surface area contributed by atoms with E-state index in [0.717, 1.165) is 22.8 Å². The minimum Gasteiger partial charge on any atom is -0.370 e. The van der Waals surface area contributed by atoms with Gasteiger partial charge in [0, 0.05) is 0 Å². The van der Waals surface area contributed by atoms with Crippen LogP contribution in [0.3, 0.4) is 0 Å².